The zero-order chi connectivity index (χ0) is 14.5. The second kappa shape index (κ2) is 6.06. The number of aromatic nitrogens is 2. The van der Waals surface area contributed by atoms with Crippen molar-refractivity contribution in [2.45, 2.75) is 13.5 Å². The van der Waals surface area contributed by atoms with Crippen LogP contribution in [0, 0.1) is 0 Å². The number of nitrogens with zero attached hydrogens (tertiary/aromatic N) is 2. The van der Waals surface area contributed by atoms with Gasteiger partial charge in [-0.3, -0.25) is 4.68 Å². The summed E-state index contributed by atoms with van der Waals surface area (Å²) in [5.41, 5.74) is 1.49. The first-order valence-electron chi connectivity index (χ1n) is 6.31. The predicted molar refractivity (Wildman–Crippen MR) is 76.0 cm³/mol. The van der Waals surface area contributed by atoms with Crippen molar-refractivity contribution in [3.8, 4) is 17.0 Å². The highest BCUT2D eigenvalue weighted by atomic mass is 16.5. The third-order valence-corrected chi connectivity index (χ3v) is 2.76. The molecule has 0 spiro atoms. The molecule has 1 aromatic carbocycles. The molecule has 0 aliphatic carbocycles. The first kappa shape index (κ1) is 13.9. The molecule has 0 unspecified atom stereocenters. The summed E-state index contributed by atoms with van der Waals surface area (Å²) in [5.74, 6) is -0.324. The normalized spacial score (nSPS) is 10.2. The van der Waals surface area contributed by atoms with Crippen molar-refractivity contribution in [3.05, 3.63) is 48.7 Å². The summed E-state index contributed by atoms with van der Waals surface area (Å²) in [6, 6.07) is 8.98. The minimum atomic E-state index is -1.01. The molecular formula is C15H16N2O3. The molecule has 0 saturated heterocycles. The Kier molecular flexibility index (Phi) is 4.20. The van der Waals surface area contributed by atoms with Gasteiger partial charge in [0.05, 0.1) is 18.8 Å². The van der Waals surface area contributed by atoms with E-state index in [1.54, 1.807) is 12.1 Å². The highest BCUT2D eigenvalue weighted by Crippen LogP contribution is 2.29. The average molecular weight is 272 g/mol. The Morgan fingerprint density at radius 2 is 2.25 bits per heavy atom. The van der Waals surface area contributed by atoms with Crippen LogP contribution in [-0.4, -0.2) is 27.5 Å². The summed E-state index contributed by atoms with van der Waals surface area (Å²) < 4.78 is 6.95. The third kappa shape index (κ3) is 2.71. The van der Waals surface area contributed by atoms with E-state index in [0.29, 0.717) is 24.6 Å². The van der Waals surface area contributed by atoms with Crippen molar-refractivity contribution < 1.29 is 14.6 Å². The molecule has 0 fully saturated rings. The van der Waals surface area contributed by atoms with Gasteiger partial charge in [0, 0.05) is 5.56 Å². The minimum absolute atomic E-state index is 0.131. The molecule has 0 radical (unpaired) electrons. The fraction of sp³-hybridized carbons (Fsp3) is 0.200. The lowest BCUT2D eigenvalue weighted by Gasteiger charge is -2.07. The van der Waals surface area contributed by atoms with Crippen LogP contribution in [0.1, 0.15) is 17.4 Å². The number of carboxylic acid groups (broad SMARTS) is 1. The Morgan fingerprint density at radius 1 is 1.50 bits per heavy atom. The molecule has 1 aromatic heterocycles. The number of carbonyl (C=O) groups is 1. The second-order valence-corrected chi connectivity index (χ2v) is 4.12. The van der Waals surface area contributed by atoms with Crippen LogP contribution < -0.4 is 4.74 Å². The second-order valence-electron chi connectivity index (χ2n) is 4.12. The van der Waals surface area contributed by atoms with Gasteiger partial charge in [-0.1, -0.05) is 18.2 Å². The molecule has 5 heteroatoms. The lowest BCUT2D eigenvalue weighted by molar-refractivity contribution is 0.0684. The number of benzene rings is 1. The standard InChI is InChI=1S/C15H16N2O3/c1-3-9-17-13(15(18)19)10-12(16-17)11-7-5-6-8-14(11)20-4-2/h3,5-8,10H,1,4,9H2,2H3,(H,18,19). The SMILES string of the molecule is C=CCn1nc(-c2ccccc2OCC)cc1C(=O)O. The van der Waals surface area contributed by atoms with E-state index in [1.165, 1.54) is 4.68 Å². The third-order valence-electron chi connectivity index (χ3n) is 2.76. The van der Waals surface area contributed by atoms with Gasteiger partial charge in [0.1, 0.15) is 11.4 Å². The van der Waals surface area contributed by atoms with Gasteiger partial charge < -0.3 is 9.84 Å². The Hall–Kier alpha value is -2.56. The average Bonchev–Trinajstić information content (AvgIpc) is 2.84. The molecule has 1 heterocycles. The molecule has 104 valence electrons. The number of rotatable bonds is 6. The Balaban J connectivity index is 2.50. The quantitative estimate of drug-likeness (QED) is 0.821. The topological polar surface area (TPSA) is 64.4 Å². The number of hydrogen-bond donors (Lipinski definition) is 1. The smallest absolute Gasteiger partial charge is 0.354 e. The van der Waals surface area contributed by atoms with Crippen LogP contribution in [0.25, 0.3) is 11.3 Å². The van der Waals surface area contributed by atoms with Gasteiger partial charge in [0.15, 0.2) is 0 Å². The molecule has 1 N–H and O–H groups in total. The van der Waals surface area contributed by atoms with Crippen molar-refractivity contribution in [3.63, 3.8) is 0 Å². The lowest BCUT2D eigenvalue weighted by atomic mass is 10.1. The van der Waals surface area contributed by atoms with Crippen LogP contribution >= 0.6 is 0 Å². The van der Waals surface area contributed by atoms with E-state index in [2.05, 4.69) is 11.7 Å². The maximum absolute atomic E-state index is 11.2. The monoisotopic (exact) mass is 272 g/mol. The lowest BCUT2D eigenvalue weighted by Crippen LogP contribution is -2.08. The zero-order valence-electron chi connectivity index (χ0n) is 11.2. The summed E-state index contributed by atoms with van der Waals surface area (Å²) in [6.45, 7) is 6.39. The minimum Gasteiger partial charge on any atom is -0.493 e. The summed E-state index contributed by atoms with van der Waals surface area (Å²) in [6.07, 6.45) is 1.61. The number of carboxylic acids is 1. The van der Waals surface area contributed by atoms with Gasteiger partial charge >= 0.3 is 5.97 Å². The molecule has 0 bridgehead atoms. The van der Waals surface area contributed by atoms with Gasteiger partial charge in [0.25, 0.3) is 0 Å². The summed E-state index contributed by atoms with van der Waals surface area (Å²) in [7, 11) is 0. The highest BCUT2D eigenvalue weighted by molar-refractivity contribution is 5.87. The van der Waals surface area contributed by atoms with E-state index in [-0.39, 0.29) is 5.69 Å². The number of ether oxygens (including phenoxy) is 1. The van der Waals surface area contributed by atoms with Crippen LogP contribution in [0.3, 0.4) is 0 Å². The van der Waals surface area contributed by atoms with Crippen LogP contribution in [0.4, 0.5) is 0 Å². The van der Waals surface area contributed by atoms with E-state index in [4.69, 9.17) is 4.74 Å². The predicted octanol–water partition coefficient (Wildman–Crippen LogP) is 2.83. The fourth-order valence-electron chi connectivity index (χ4n) is 1.94. The van der Waals surface area contributed by atoms with Crippen molar-refractivity contribution in [2.24, 2.45) is 0 Å². The highest BCUT2D eigenvalue weighted by Gasteiger charge is 2.16. The number of allylic oxidation sites excluding steroid dienone is 1. The van der Waals surface area contributed by atoms with Gasteiger partial charge in [-0.15, -0.1) is 6.58 Å². The molecular weight excluding hydrogens is 256 g/mol. The first-order valence-corrected chi connectivity index (χ1v) is 6.31. The van der Waals surface area contributed by atoms with E-state index in [0.717, 1.165) is 5.56 Å². The molecule has 5 nitrogen and oxygen atoms in total. The molecule has 2 rings (SSSR count). The summed E-state index contributed by atoms with van der Waals surface area (Å²) >= 11 is 0. The molecule has 0 amide bonds. The van der Waals surface area contributed by atoms with Crippen LogP contribution in [0.2, 0.25) is 0 Å². The Bertz CT molecular complexity index is 632. The maximum Gasteiger partial charge on any atom is 0.354 e. The first-order chi connectivity index (χ1) is 9.67. The largest absolute Gasteiger partial charge is 0.493 e. The van der Waals surface area contributed by atoms with Gasteiger partial charge in [-0.05, 0) is 25.1 Å². The van der Waals surface area contributed by atoms with Crippen LogP contribution in [0.5, 0.6) is 5.75 Å². The number of para-hydroxylation sites is 1. The van der Waals surface area contributed by atoms with Gasteiger partial charge in [0.2, 0.25) is 0 Å². The van der Waals surface area contributed by atoms with Crippen molar-refractivity contribution in [1.82, 2.24) is 9.78 Å². The van der Waals surface area contributed by atoms with Gasteiger partial charge in [-0.2, -0.15) is 5.10 Å². The molecule has 20 heavy (non-hydrogen) atoms. The Morgan fingerprint density at radius 3 is 2.90 bits per heavy atom. The number of aromatic carboxylic acids is 1. The molecule has 0 atom stereocenters. The molecule has 0 aliphatic heterocycles. The maximum atomic E-state index is 11.2. The van der Waals surface area contributed by atoms with Crippen molar-refractivity contribution in [2.75, 3.05) is 6.61 Å². The zero-order valence-corrected chi connectivity index (χ0v) is 11.2. The summed E-state index contributed by atoms with van der Waals surface area (Å²) in [5, 5.41) is 13.5. The van der Waals surface area contributed by atoms with E-state index < -0.39 is 5.97 Å². The van der Waals surface area contributed by atoms with Crippen molar-refractivity contribution in [1.29, 1.82) is 0 Å². The number of hydrogen-bond acceptors (Lipinski definition) is 3. The van der Waals surface area contributed by atoms with Gasteiger partial charge in [-0.25, -0.2) is 4.79 Å². The van der Waals surface area contributed by atoms with E-state index >= 15 is 0 Å². The van der Waals surface area contributed by atoms with Crippen molar-refractivity contribution >= 4 is 5.97 Å². The molecule has 0 aliphatic rings. The van der Waals surface area contributed by atoms with Crippen LogP contribution in [-0.2, 0) is 6.54 Å². The summed E-state index contributed by atoms with van der Waals surface area (Å²) in [4.78, 5) is 11.2. The van der Waals surface area contributed by atoms with Crippen LogP contribution in [0.15, 0.2) is 43.0 Å². The van der Waals surface area contributed by atoms with E-state index in [1.807, 2.05) is 31.2 Å². The molecule has 0 saturated carbocycles. The fourth-order valence-corrected chi connectivity index (χ4v) is 1.94. The Labute approximate surface area is 117 Å². The molecule has 2 aromatic rings. The van der Waals surface area contributed by atoms with E-state index in [9.17, 15) is 9.90 Å².